The van der Waals surface area contributed by atoms with E-state index in [-0.39, 0.29) is 11.8 Å². The van der Waals surface area contributed by atoms with Crippen molar-refractivity contribution in [1.82, 2.24) is 5.32 Å². The number of thiocarbonyl (C=S) groups is 1. The molecule has 2 rings (SSSR count). The van der Waals surface area contributed by atoms with Crippen molar-refractivity contribution in [3.63, 3.8) is 0 Å². The summed E-state index contributed by atoms with van der Waals surface area (Å²) in [5.41, 5.74) is 1.06. The largest absolute Gasteiger partial charge is 0.469 e. The van der Waals surface area contributed by atoms with Crippen LogP contribution in [0.2, 0.25) is 0 Å². The first-order valence-corrected chi connectivity index (χ1v) is 5.05. The summed E-state index contributed by atoms with van der Waals surface area (Å²) in [6, 6.07) is 5.91. The molecule has 76 valence electrons. The zero-order chi connectivity index (χ0) is 10.8. The van der Waals surface area contributed by atoms with Gasteiger partial charge >= 0.3 is 0 Å². The average molecular weight is 218 g/mol. The van der Waals surface area contributed by atoms with Gasteiger partial charge in [-0.1, -0.05) is 12.2 Å². The van der Waals surface area contributed by atoms with Crippen LogP contribution in [-0.2, 0) is 0 Å². The first-order chi connectivity index (χ1) is 7.24. The summed E-state index contributed by atoms with van der Waals surface area (Å²) in [6.07, 6.45) is 3.45. The maximum Gasteiger partial charge on any atom is 0.112 e. The van der Waals surface area contributed by atoms with Crippen molar-refractivity contribution >= 4 is 17.2 Å². The summed E-state index contributed by atoms with van der Waals surface area (Å²) in [7, 11) is 0. The van der Waals surface area contributed by atoms with E-state index in [4.69, 9.17) is 21.9 Å². The lowest BCUT2D eigenvalue weighted by Crippen LogP contribution is -2.33. The van der Waals surface area contributed by atoms with Crippen LogP contribution in [0.5, 0.6) is 0 Å². The van der Waals surface area contributed by atoms with Gasteiger partial charge in [-0.3, -0.25) is 0 Å². The monoisotopic (exact) mass is 218 g/mol. The van der Waals surface area contributed by atoms with E-state index in [0.717, 1.165) is 11.3 Å². The van der Waals surface area contributed by atoms with Gasteiger partial charge in [0.2, 0.25) is 0 Å². The van der Waals surface area contributed by atoms with E-state index in [1.807, 2.05) is 25.3 Å². The maximum absolute atomic E-state index is 9.10. The normalized spacial score (nSPS) is 25.3. The quantitative estimate of drug-likeness (QED) is 0.735. The standard InChI is InChI=1S/C11H10N2OS/c1-7-6-13-11(15)8(5-12)10(7)9-3-2-4-14-9/h2-4,6,8,10H,1H3,(H,13,15)/t8-,10-/m0/s1. The molecule has 0 amide bonds. The van der Waals surface area contributed by atoms with Gasteiger partial charge in [-0.05, 0) is 24.6 Å². The third kappa shape index (κ3) is 1.66. The fraction of sp³-hybridized carbons (Fsp3) is 0.273. The second-order valence-electron chi connectivity index (χ2n) is 3.50. The molecule has 0 aliphatic carbocycles. The molecule has 1 aromatic heterocycles. The Morgan fingerprint density at radius 2 is 2.40 bits per heavy atom. The molecule has 15 heavy (non-hydrogen) atoms. The van der Waals surface area contributed by atoms with Crippen molar-refractivity contribution in [3.05, 3.63) is 35.9 Å². The molecule has 0 aromatic carbocycles. The molecule has 1 aliphatic rings. The highest BCUT2D eigenvalue weighted by Gasteiger charge is 2.32. The van der Waals surface area contributed by atoms with Crippen molar-refractivity contribution in [2.24, 2.45) is 5.92 Å². The Hall–Kier alpha value is -1.60. The summed E-state index contributed by atoms with van der Waals surface area (Å²) in [5, 5.41) is 12.0. The van der Waals surface area contributed by atoms with E-state index in [1.54, 1.807) is 6.26 Å². The topological polar surface area (TPSA) is 49.0 Å². The molecule has 3 nitrogen and oxygen atoms in total. The molecule has 2 heterocycles. The van der Waals surface area contributed by atoms with Gasteiger partial charge in [0.25, 0.3) is 0 Å². The minimum Gasteiger partial charge on any atom is -0.469 e. The number of nitrogens with zero attached hydrogens (tertiary/aromatic N) is 1. The Morgan fingerprint density at radius 1 is 1.60 bits per heavy atom. The number of rotatable bonds is 1. The van der Waals surface area contributed by atoms with E-state index in [9.17, 15) is 0 Å². The number of hydrogen-bond acceptors (Lipinski definition) is 3. The van der Waals surface area contributed by atoms with E-state index < -0.39 is 0 Å². The molecule has 0 fully saturated rings. The van der Waals surface area contributed by atoms with E-state index in [2.05, 4.69) is 11.4 Å². The lowest BCUT2D eigenvalue weighted by atomic mass is 9.83. The van der Waals surface area contributed by atoms with Crippen LogP contribution in [0.4, 0.5) is 0 Å². The molecule has 0 saturated carbocycles. The number of nitriles is 1. The zero-order valence-electron chi connectivity index (χ0n) is 8.23. The summed E-state index contributed by atoms with van der Waals surface area (Å²) >= 11 is 5.11. The molecule has 1 aliphatic heterocycles. The van der Waals surface area contributed by atoms with E-state index >= 15 is 0 Å². The van der Waals surface area contributed by atoms with Crippen molar-refractivity contribution in [2.45, 2.75) is 12.8 Å². The van der Waals surface area contributed by atoms with Crippen LogP contribution in [0.1, 0.15) is 18.6 Å². The zero-order valence-corrected chi connectivity index (χ0v) is 9.04. The van der Waals surface area contributed by atoms with Gasteiger partial charge in [-0.15, -0.1) is 0 Å². The van der Waals surface area contributed by atoms with Gasteiger partial charge in [-0.2, -0.15) is 5.26 Å². The van der Waals surface area contributed by atoms with Crippen LogP contribution in [0.3, 0.4) is 0 Å². The number of allylic oxidation sites excluding steroid dienone is 1. The van der Waals surface area contributed by atoms with Gasteiger partial charge in [0.1, 0.15) is 11.7 Å². The molecule has 0 bridgehead atoms. The molecule has 0 unspecified atom stereocenters. The molecule has 1 N–H and O–H groups in total. The Morgan fingerprint density at radius 3 is 3.00 bits per heavy atom. The van der Waals surface area contributed by atoms with Gasteiger partial charge in [-0.25, -0.2) is 0 Å². The van der Waals surface area contributed by atoms with Crippen LogP contribution in [0.15, 0.2) is 34.6 Å². The molecule has 0 saturated heterocycles. The number of hydrogen-bond donors (Lipinski definition) is 1. The van der Waals surface area contributed by atoms with E-state index in [1.165, 1.54) is 0 Å². The predicted octanol–water partition coefficient (Wildman–Crippen LogP) is 2.34. The van der Waals surface area contributed by atoms with Gasteiger partial charge in [0.15, 0.2) is 0 Å². The lowest BCUT2D eigenvalue weighted by Gasteiger charge is -2.26. The second kappa shape index (κ2) is 3.87. The first-order valence-electron chi connectivity index (χ1n) is 4.64. The fourth-order valence-electron chi connectivity index (χ4n) is 1.77. The van der Waals surface area contributed by atoms with Crippen LogP contribution in [0, 0.1) is 17.2 Å². The molecule has 0 radical (unpaired) electrons. The highest BCUT2D eigenvalue weighted by molar-refractivity contribution is 7.80. The highest BCUT2D eigenvalue weighted by atomic mass is 32.1. The van der Waals surface area contributed by atoms with Crippen LogP contribution in [-0.4, -0.2) is 4.99 Å². The van der Waals surface area contributed by atoms with Crippen LogP contribution >= 0.6 is 12.2 Å². The van der Waals surface area contributed by atoms with Crippen molar-refractivity contribution in [3.8, 4) is 6.07 Å². The third-order valence-electron chi connectivity index (χ3n) is 2.54. The minimum absolute atomic E-state index is 0.0567. The molecule has 4 heteroatoms. The van der Waals surface area contributed by atoms with Gasteiger partial charge in [0, 0.05) is 6.20 Å². The molecule has 2 atom stereocenters. The lowest BCUT2D eigenvalue weighted by molar-refractivity contribution is 0.464. The molecule has 1 aromatic rings. The highest BCUT2D eigenvalue weighted by Crippen LogP contribution is 2.34. The number of nitrogens with one attached hydrogen (secondary N) is 1. The Bertz CT molecular complexity index is 442. The maximum atomic E-state index is 9.10. The summed E-state index contributed by atoms with van der Waals surface area (Å²) < 4.78 is 5.34. The Balaban J connectivity index is 2.43. The third-order valence-corrected chi connectivity index (χ3v) is 2.91. The van der Waals surface area contributed by atoms with Crippen LogP contribution < -0.4 is 5.32 Å². The molecule has 0 spiro atoms. The SMILES string of the molecule is CC1=CNC(=S)[C@@H](C#N)[C@H]1c1ccco1. The van der Waals surface area contributed by atoms with E-state index in [0.29, 0.717) is 4.99 Å². The summed E-state index contributed by atoms with van der Waals surface area (Å²) in [5.74, 6) is 0.397. The average Bonchev–Trinajstić information content (AvgIpc) is 2.74. The smallest absolute Gasteiger partial charge is 0.112 e. The second-order valence-corrected chi connectivity index (χ2v) is 3.94. The van der Waals surface area contributed by atoms with Crippen molar-refractivity contribution in [1.29, 1.82) is 5.26 Å². The fourth-order valence-corrected chi connectivity index (χ4v) is 2.02. The van der Waals surface area contributed by atoms with Gasteiger partial charge < -0.3 is 9.73 Å². The predicted molar refractivity (Wildman–Crippen MR) is 60.0 cm³/mol. The Labute approximate surface area is 93.4 Å². The van der Waals surface area contributed by atoms with Crippen molar-refractivity contribution in [2.75, 3.05) is 0 Å². The summed E-state index contributed by atoms with van der Waals surface area (Å²) in [4.78, 5) is 0.560. The number of furan rings is 1. The van der Waals surface area contributed by atoms with Gasteiger partial charge in [0.05, 0.1) is 23.2 Å². The van der Waals surface area contributed by atoms with Crippen LogP contribution in [0.25, 0.3) is 0 Å². The first kappa shape index (κ1) is 9.94. The minimum atomic E-state index is -0.337. The molecular formula is C11H10N2OS. The van der Waals surface area contributed by atoms with Crippen molar-refractivity contribution < 1.29 is 4.42 Å². The summed E-state index contributed by atoms with van der Waals surface area (Å²) in [6.45, 7) is 1.96. The Kier molecular flexibility index (Phi) is 2.57. The molecular weight excluding hydrogens is 208 g/mol.